The average Bonchev–Trinajstić information content (AvgIpc) is 2.87. The zero-order chi connectivity index (χ0) is 29.9. The molecule has 2 atom stereocenters. The number of unbranched alkanes of at least 4 members (excludes halogenated alkanes) is 2. The SMILES string of the molecule is C#Cc1ccc(C(C(=O)NCCCCC)N(C(=O)C(Cc2ccccc2)NC(=O)OC(C)(C)C)C(C)(C)C)cc1. The first-order valence-electron chi connectivity index (χ1n) is 14.0. The van der Waals surface area contributed by atoms with E-state index >= 15 is 0 Å². The van der Waals surface area contributed by atoms with Crippen molar-refractivity contribution in [2.75, 3.05) is 6.54 Å². The van der Waals surface area contributed by atoms with Crippen molar-refractivity contribution in [1.29, 1.82) is 0 Å². The Kier molecular flexibility index (Phi) is 11.8. The summed E-state index contributed by atoms with van der Waals surface area (Å²) in [7, 11) is 0. The Labute approximate surface area is 240 Å². The summed E-state index contributed by atoms with van der Waals surface area (Å²) in [5.41, 5.74) is 0.648. The lowest BCUT2D eigenvalue weighted by Gasteiger charge is -2.43. The number of hydrogen-bond acceptors (Lipinski definition) is 4. The van der Waals surface area contributed by atoms with Crippen molar-refractivity contribution in [3.05, 3.63) is 71.3 Å². The second-order valence-electron chi connectivity index (χ2n) is 11.9. The molecule has 0 saturated carbocycles. The first-order valence-corrected chi connectivity index (χ1v) is 14.0. The van der Waals surface area contributed by atoms with Crippen molar-refractivity contribution in [3.8, 4) is 12.3 Å². The van der Waals surface area contributed by atoms with Crippen LogP contribution in [0.3, 0.4) is 0 Å². The molecule has 0 aliphatic rings. The van der Waals surface area contributed by atoms with Gasteiger partial charge in [-0.2, -0.15) is 0 Å². The fourth-order valence-electron chi connectivity index (χ4n) is 4.38. The Hall–Kier alpha value is -3.79. The number of nitrogens with zero attached hydrogens (tertiary/aromatic N) is 1. The van der Waals surface area contributed by atoms with Gasteiger partial charge in [0, 0.05) is 24.1 Å². The van der Waals surface area contributed by atoms with Crippen LogP contribution in [0.5, 0.6) is 0 Å². The largest absolute Gasteiger partial charge is 0.444 e. The summed E-state index contributed by atoms with van der Waals surface area (Å²) in [6, 6.07) is 14.6. The number of amides is 3. The van der Waals surface area contributed by atoms with Crippen LogP contribution in [0.2, 0.25) is 0 Å². The molecule has 7 heteroatoms. The predicted molar refractivity (Wildman–Crippen MR) is 160 cm³/mol. The van der Waals surface area contributed by atoms with E-state index in [1.807, 2.05) is 51.1 Å². The minimum Gasteiger partial charge on any atom is -0.444 e. The van der Waals surface area contributed by atoms with Crippen LogP contribution < -0.4 is 10.6 Å². The van der Waals surface area contributed by atoms with E-state index in [1.165, 1.54) is 0 Å². The number of carbonyl (C=O) groups excluding carboxylic acids is 3. The minimum absolute atomic E-state index is 0.229. The number of carbonyl (C=O) groups is 3. The van der Waals surface area contributed by atoms with Crippen molar-refractivity contribution >= 4 is 17.9 Å². The number of nitrogens with one attached hydrogen (secondary N) is 2. The lowest BCUT2D eigenvalue weighted by molar-refractivity contribution is -0.148. The van der Waals surface area contributed by atoms with Crippen LogP contribution in [0.4, 0.5) is 4.79 Å². The lowest BCUT2D eigenvalue weighted by atomic mass is 9.93. The number of benzene rings is 2. The van der Waals surface area contributed by atoms with E-state index < -0.39 is 35.2 Å². The van der Waals surface area contributed by atoms with Gasteiger partial charge in [0.25, 0.3) is 0 Å². The van der Waals surface area contributed by atoms with Gasteiger partial charge >= 0.3 is 6.09 Å². The summed E-state index contributed by atoms with van der Waals surface area (Å²) in [4.78, 5) is 42.7. The zero-order valence-electron chi connectivity index (χ0n) is 25.0. The van der Waals surface area contributed by atoms with E-state index in [9.17, 15) is 14.4 Å². The van der Waals surface area contributed by atoms with E-state index in [1.54, 1.807) is 49.9 Å². The van der Waals surface area contributed by atoms with Crippen molar-refractivity contribution in [2.24, 2.45) is 0 Å². The summed E-state index contributed by atoms with van der Waals surface area (Å²) < 4.78 is 5.50. The fraction of sp³-hybridized carbons (Fsp3) is 0.485. The molecule has 7 nitrogen and oxygen atoms in total. The molecule has 0 saturated heterocycles. The van der Waals surface area contributed by atoms with Crippen LogP contribution in [-0.4, -0.2) is 46.5 Å². The molecule has 2 aromatic carbocycles. The van der Waals surface area contributed by atoms with Crippen LogP contribution in [0.25, 0.3) is 0 Å². The van der Waals surface area contributed by atoms with E-state index in [4.69, 9.17) is 11.2 Å². The maximum absolute atomic E-state index is 14.5. The minimum atomic E-state index is -0.975. The maximum atomic E-state index is 14.5. The summed E-state index contributed by atoms with van der Waals surface area (Å²) >= 11 is 0. The van der Waals surface area contributed by atoms with Gasteiger partial charge in [0.15, 0.2) is 0 Å². The van der Waals surface area contributed by atoms with E-state index in [0.717, 1.165) is 24.8 Å². The highest BCUT2D eigenvalue weighted by Crippen LogP contribution is 2.31. The van der Waals surface area contributed by atoms with Crippen molar-refractivity contribution in [2.45, 2.75) is 97.4 Å². The Morgan fingerprint density at radius 2 is 1.57 bits per heavy atom. The zero-order valence-corrected chi connectivity index (χ0v) is 25.0. The molecule has 2 unspecified atom stereocenters. The molecule has 216 valence electrons. The Morgan fingerprint density at radius 1 is 0.950 bits per heavy atom. The van der Waals surface area contributed by atoms with Crippen LogP contribution in [0.1, 0.15) is 90.5 Å². The second kappa shape index (κ2) is 14.6. The molecular formula is C33H45N3O4. The topological polar surface area (TPSA) is 87.7 Å². The summed E-state index contributed by atoms with van der Waals surface area (Å²) in [5.74, 6) is 1.92. The number of rotatable bonds is 11. The molecule has 0 fully saturated rings. The molecule has 3 amide bonds. The third-order valence-corrected chi connectivity index (χ3v) is 6.21. The molecule has 40 heavy (non-hydrogen) atoms. The van der Waals surface area contributed by atoms with E-state index in [0.29, 0.717) is 17.7 Å². The Bertz CT molecular complexity index is 1160. The van der Waals surface area contributed by atoms with Crippen molar-refractivity contribution in [1.82, 2.24) is 15.5 Å². The highest BCUT2D eigenvalue weighted by atomic mass is 16.6. The van der Waals surface area contributed by atoms with Gasteiger partial charge in [-0.1, -0.05) is 68.2 Å². The van der Waals surface area contributed by atoms with Gasteiger partial charge in [0.1, 0.15) is 17.7 Å². The third kappa shape index (κ3) is 10.1. The number of hydrogen-bond donors (Lipinski definition) is 2. The fourth-order valence-corrected chi connectivity index (χ4v) is 4.38. The van der Waals surface area contributed by atoms with Gasteiger partial charge in [0.05, 0.1) is 0 Å². The lowest BCUT2D eigenvalue weighted by Crippen LogP contribution is -2.59. The standard InChI is InChI=1S/C33H45N3O4/c1-9-11-15-22-34-29(37)28(26-20-18-24(10-2)19-21-26)36(32(3,4)5)30(38)27(23-25-16-13-12-14-17-25)35-31(39)40-33(6,7)8/h2,12-14,16-21,27-28H,9,11,15,22-23H2,1,3-8H3,(H,34,37)(H,35,39). The van der Waals surface area contributed by atoms with E-state index in [-0.39, 0.29) is 12.3 Å². The predicted octanol–water partition coefficient (Wildman–Crippen LogP) is 5.78. The molecule has 0 aromatic heterocycles. The molecule has 2 aromatic rings. The van der Waals surface area contributed by atoms with Crippen LogP contribution in [0, 0.1) is 12.3 Å². The molecule has 0 heterocycles. The molecule has 0 spiro atoms. The van der Waals surface area contributed by atoms with Crippen molar-refractivity contribution < 1.29 is 19.1 Å². The second-order valence-corrected chi connectivity index (χ2v) is 11.9. The Balaban J connectivity index is 2.56. The van der Waals surface area contributed by atoms with E-state index in [2.05, 4.69) is 23.5 Å². The van der Waals surface area contributed by atoms with Gasteiger partial charge in [0.2, 0.25) is 11.8 Å². The van der Waals surface area contributed by atoms with Crippen LogP contribution >= 0.6 is 0 Å². The summed E-state index contributed by atoms with van der Waals surface area (Å²) in [6.45, 7) is 13.5. The highest BCUT2D eigenvalue weighted by Gasteiger charge is 2.41. The molecule has 2 rings (SSSR count). The average molecular weight is 548 g/mol. The highest BCUT2D eigenvalue weighted by molar-refractivity contribution is 5.92. The number of terminal acetylenes is 1. The van der Waals surface area contributed by atoms with Gasteiger partial charge in [-0.3, -0.25) is 9.59 Å². The molecule has 0 radical (unpaired) electrons. The molecular weight excluding hydrogens is 502 g/mol. The summed E-state index contributed by atoms with van der Waals surface area (Å²) in [5, 5.41) is 5.81. The van der Waals surface area contributed by atoms with Gasteiger partial charge < -0.3 is 20.3 Å². The van der Waals surface area contributed by atoms with Gasteiger partial charge in [-0.15, -0.1) is 6.42 Å². The Morgan fingerprint density at radius 3 is 2.10 bits per heavy atom. The molecule has 0 aliphatic carbocycles. The molecule has 0 aliphatic heterocycles. The summed E-state index contributed by atoms with van der Waals surface area (Å²) in [6.07, 6.45) is 7.95. The monoisotopic (exact) mass is 547 g/mol. The quantitative estimate of drug-likeness (QED) is 0.276. The molecule has 0 bridgehead atoms. The first-order chi connectivity index (χ1) is 18.8. The maximum Gasteiger partial charge on any atom is 0.408 e. The third-order valence-electron chi connectivity index (χ3n) is 6.21. The van der Waals surface area contributed by atoms with Gasteiger partial charge in [-0.25, -0.2) is 4.79 Å². The first kappa shape index (κ1) is 32.4. The van der Waals surface area contributed by atoms with Crippen LogP contribution in [0.15, 0.2) is 54.6 Å². The number of alkyl carbamates (subject to hydrolysis) is 1. The number of ether oxygens (including phenoxy) is 1. The molecule has 2 N–H and O–H groups in total. The van der Waals surface area contributed by atoms with Crippen LogP contribution in [-0.2, 0) is 20.7 Å². The normalized spacial score (nSPS) is 12.9. The van der Waals surface area contributed by atoms with Crippen molar-refractivity contribution in [3.63, 3.8) is 0 Å². The smallest absolute Gasteiger partial charge is 0.408 e. The van der Waals surface area contributed by atoms with Gasteiger partial charge in [-0.05, 0) is 71.2 Å².